The maximum atomic E-state index is 13.9. The summed E-state index contributed by atoms with van der Waals surface area (Å²) in [6.45, 7) is 4.59. The van der Waals surface area contributed by atoms with Crippen LogP contribution in [0.1, 0.15) is 26.7 Å². The van der Waals surface area contributed by atoms with Crippen molar-refractivity contribution in [1.82, 2.24) is 28.9 Å². The fourth-order valence-electron chi connectivity index (χ4n) is 5.08. The average Bonchev–Trinajstić information content (AvgIpc) is 3.55. The zero-order valence-corrected chi connectivity index (χ0v) is 24.2. The standard InChI is InChI=1S/C31H34N8O3/c1-31(2,36(3)4)17-21(18-32)29(40)37-16-8-9-23(37)19-38-28-26(27(33)34-20-35-28)39(30(38)41)22-12-14-25(15-13-22)42-24-10-6-5-7-11-24/h5-7,10-15,17,20,23H,8-9,16,19H2,1-4H3,(H2,33,34,35). The van der Waals surface area contributed by atoms with Gasteiger partial charge in [-0.1, -0.05) is 18.2 Å². The first-order valence-corrected chi connectivity index (χ1v) is 13.8. The van der Waals surface area contributed by atoms with Crippen molar-refractivity contribution in [1.29, 1.82) is 5.26 Å². The molecule has 1 aliphatic rings. The van der Waals surface area contributed by atoms with E-state index in [2.05, 4.69) is 16.0 Å². The molecule has 0 aliphatic carbocycles. The van der Waals surface area contributed by atoms with E-state index in [1.807, 2.05) is 63.2 Å². The summed E-state index contributed by atoms with van der Waals surface area (Å²) >= 11 is 0. The third-order valence-corrected chi connectivity index (χ3v) is 7.84. The normalized spacial score (nSPS) is 15.8. The van der Waals surface area contributed by atoms with Crippen LogP contribution >= 0.6 is 0 Å². The average molecular weight is 567 g/mol. The Morgan fingerprint density at radius 2 is 1.83 bits per heavy atom. The molecule has 2 N–H and O–H groups in total. The molecular formula is C31H34N8O3. The van der Waals surface area contributed by atoms with Gasteiger partial charge in [-0.2, -0.15) is 5.26 Å². The fourth-order valence-corrected chi connectivity index (χ4v) is 5.08. The third kappa shape index (κ3) is 5.49. The summed E-state index contributed by atoms with van der Waals surface area (Å²) in [5.41, 5.74) is 6.86. The van der Waals surface area contributed by atoms with Crippen LogP contribution in [0.5, 0.6) is 11.5 Å². The Bertz CT molecular complexity index is 1730. The van der Waals surface area contributed by atoms with Gasteiger partial charge in [0.1, 0.15) is 35.0 Å². The highest BCUT2D eigenvalue weighted by molar-refractivity contribution is 5.97. The zero-order chi connectivity index (χ0) is 30.0. The van der Waals surface area contributed by atoms with Crippen molar-refractivity contribution in [2.45, 2.75) is 44.8 Å². The Balaban J connectivity index is 1.48. The second-order valence-electron chi connectivity index (χ2n) is 11.1. The Hall–Kier alpha value is -4.95. The molecule has 1 aliphatic heterocycles. The number of likely N-dealkylation sites (tertiary alicyclic amines) is 1. The van der Waals surface area contributed by atoms with Crippen molar-refractivity contribution in [2.75, 3.05) is 26.4 Å². The van der Waals surface area contributed by atoms with E-state index in [0.29, 0.717) is 41.3 Å². The van der Waals surface area contributed by atoms with Gasteiger partial charge in [0.15, 0.2) is 11.5 Å². The lowest BCUT2D eigenvalue weighted by atomic mass is 9.99. The fraction of sp³-hybridized carbons (Fsp3) is 0.323. The molecule has 1 atom stereocenters. The van der Waals surface area contributed by atoms with Crippen LogP contribution in [0, 0.1) is 11.3 Å². The lowest BCUT2D eigenvalue weighted by molar-refractivity contribution is -0.127. The Kier molecular flexibility index (Phi) is 7.83. The van der Waals surface area contributed by atoms with Crippen molar-refractivity contribution < 1.29 is 9.53 Å². The number of nitrogens with zero attached hydrogens (tertiary/aromatic N) is 7. The Morgan fingerprint density at radius 3 is 2.50 bits per heavy atom. The molecule has 0 saturated carbocycles. The van der Waals surface area contributed by atoms with Crippen LogP contribution in [0.4, 0.5) is 5.82 Å². The van der Waals surface area contributed by atoms with Crippen LogP contribution in [0.3, 0.4) is 0 Å². The summed E-state index contributed by atoms with van der Waals surface area (Å²) in [6.07, 6.45) is 4.47. The van der Waals surface area contributed by atoms with E-state index in [1.165, 1.54) is 15.5 Å². The highest BCUT2D eigenvalue weighted by Gasteiger charge is 2.33. The highest BCUT2D eigenvalue weighted by Crippen LogP contribution is 2.27. The van der Waals surface area contributed by atoms with Gasteiger partial charge in [-0.05, 0) is 83.3 Å². The van der Waals surface area contributed by atoms with E-state index < -0.39 is 5.54 Å². The zero-order valence-electron chi connectivity index (χ0n) is 24.2. The molecule has 2 aromatic carbocycles. The number of nitriles is 1. The smallest absolute Gasteiger partial charge is 0.335 e. The number of hydrogen-bond acceptors (Lipinski definition) is 8. The van der Waals surface area contributed by atoms with Crippen LogP contribution in [-0.4, -0.2) is 67.0 Å². The Morgan fingerprint density at radius 1 is 1.14 bits per heavy atom. The second kappa shape index (κ2) is 11.5. The van der Waals surface area contributed by atoms with Gasteiger partial charge < -0.3 is 20.3 Å². The molecule has 5 rings (SSSR count). The molecule has 1 amide bonds. The number of hydrogen-bond donors (Lipinski definition) is 1. The maximum absolute atomic E-state index is 13.9. The molecule has 42 heavy (non-hydrogen) atoms. The van der Waals surface area contributed by atoms with Crippen LogP contribution in [0.2, 0.25) is 0 Å². The molecule has 1 saturated heterocycles. The number of nitrogen functional groups attached to an aromatic ring is 1. The molecule has 0 spiro atoms. The van der Waals surface area contributed by atoms with Crippen LogP contribution < -0.4 is 16.2 Å². The Labute approximate surface area is 244 Å². The molecule has 3 heterocycles. The van der Waals surface area contributed by atoms with E-state index in [4.69, 9.17) is 10.5 Å². The lowest BCUT2D eigenvalue weighted by Gasteiger charge is -2.30. The van der Waals surface area contributed by atoms with Gasteiger partial charge in [0.25, 0.3) is 5.91 Å². The minimum atomic E-state index is -0.490. The molecule has 1 fully saturated rings. The number of aromatic nitrogens is 4. The first-order chi connectivity index (χ1) is 20.1. The summed E-state index contributed by atoms with van der Waals surface area (Å²) in [7, 11) is 3.79. The molecule has 2 aromatic heterocycles. The quantitative estimate of drug-likeness (QED) is 0.252. The van der Waals surface area contributed by atoms with E-state index in [-0.39, 0.29) is 35.6 Å². The summed E-state index contributed by atoms with van der Waals surface area (Å²) < 4.78 is 8.92. The van der Waals surface area contributed by atoms with Gasteiger partial charge in [0, 0.05) is 18.6 Å². The maximum Gasteiger partial charge on any atom is 0.335 e. The summed E-state index contributed by atoms with van der Waals surface area (Å²) in [5, 5.41) is 9.84. The van der Waals surface area contributed by atoms with Crippen LogP contribution in [0.25, 0.3) is 16.9 Å². The number of fused-ring (bicyclic) bond motifs is 1. The molecular weight excluding hydrogens is 532 g/mol. The molecule has 11 nitrogen and oxygen atoms in total. The second-order valence-corrected chi connectivity index (χ2v) is 11.1. The van der Waals surface area contributed by atoms with E-state index in [1.54, 1.807) is 35.2 Å². The third-order valence-electron chi connectivity index (χ3n) is 7.84. The molecule has 11 heteroatoms. The summed E-state index contributed by atoms with van der Waals surface area (Å²) in [5.74, 6) is 1.15. The van der Waals surface area contributed by atoms with Gasteiger partial charge in [-0.15, -0.1) is 0 Å². The van der Waals surface area contributed by atoms with E-state index in [9.17, 15) is 14.9 Å². The van der Waals surface area contributed by atoms with Crippen molar-refractivity contribution in [2.24, 2.45) is 0 Å². The largest absolute Gasteiger partial charge is 0.457 e. The van der Waals surface area contributed by atoms with Gasteiger partial charge in [0.2, 0.25) is 0 Å². The van der Waals surface area contributed by atoms with Gasteiger partial charge >= 0.3 is 5.69 Å². The topological polar surface area (TPSA) is 135 Å². The SMILES string of the molecule is CN(C)C(C)(C)C=C(C#N)C(=O)N1CCCC1Cn1c(=O)n(-c2ccc(Oc3ccccc3)cc2)c2c(N)ncnc21. The highest BCUT2D eigenvalue weighted by atomic mass is 16.5. The molecule has 4 aromatic rings. The van der Waals surface area contributed by atoms with Crippen molar-refractivity contribution in [3.05, 3.63) is 83.1 Å². The van der Waals surface area contributed by atoms with E-state index in [0.717, 1.165) is 6.42 Å². The predicted octanol–water partition coefficient (Wildman–Crippen LogP) is 3.74. The monoisotopic (exact) mass is 566 g/mol. The number of amides is 1. The number of para-hydroxylation sites is 1. The van der Waals surface area contributed by atoms with Crippen molar-refractivity contribution in [3.63, 3.8) is 0 Å². The van der Waals surface area contributed by atoms with Crippen LogP contribution in [0.15, 0.2) is 77.4 Å². The molecule has 216 valence electrons. The minimum Gasteiger partial charge on any atom is -0.457 e. The number of benzene rings is 2. The molecule has 1 unspecified atom stereocenters. The number of ether oxygens (including phenoxy) is 1. The van der Waals surface area contributed by atoms with Gasteiger partial charge in [-0.3, -0.25) is 13.9 Å². The number of rotatable bonds is 8. The number of imidazole rings is 1. The molecule has 0 bridgehead atoms. The first kappa shape index (κ1) is 28.6. The number of anilines is 1. The number of likely N-dealkylation sites (N-methyl/N-ethyl adjacent to an activating group) is 1. The van der Waals surface area contributed by atoms with E-state index >= 15 is 0 Å². The first-order valence-electron chi connectivity index (χ1n) is 13.8. The predicted molar refractivity (Wildman–Crippen MR) is 160 cm³/mol. The minimum absolute atomic E-state index is 0.0831. The van der Waals surface area contributed by atoms with Crippen molar-refractivity contribution >= 4 is 22.9 Å². The lowest BCUT2D eigenvalue weighted by Crippen LogP contribution is -2.42. The number of carbonyl (C=O) groups is 1. The van der Waals surface area contributed by atoms with Gasteiger partial charge in [-0.25, -0.2) is 14.8 Å². The molecule has 0 radical (unpaired) electrons. The number of nitrogens with two attached hydrogens (primary N) is 1. The number of carbonyl (C=O) groups excluding carboxylic acids is 1. The van der Waals surface area contributed by atoms with Gasteiger partial charge in [0.05, 0.1) is 11.7 Å². The summed E-state index contributed by atoms with van der Waals surface area (Å²) in [6, 6.07) is 18.3. The van der Waals surface area contributed by atoms with Crippen LogP contribution in [-0.2, 0) is 11.3 Å². The van der Waals surface area contributed by atoms with Crippen molar-refractivity contribution in [3.8, 4) is 23.3 Å². The summed E-state index contributed by atoms with van der Waals surface area (Å²) in [4.78, 5) is 39.6.